The Morgan fingerprint density at radius 2 is 1.96 bits per heavy atom. The Balaban J connectivity index is 2.57. The number of nitro groups is 2. The van der Waals surface area contributed by atoms with E-state index in [1.165, 1.54) is 38.1 Å². The highest BCUT2D eigenvalue weighted by molar-refractivity contribution is 5.76. The highest BCUT2D eigenvalue weighted by atomic mass is 16.7. The van der Waals surface area contributed by atoms with E-state index in [0.717, 1.165) is 0 Å². The van der Waals surface area contributed by atoms with Crippen molar-refractivity contribution in [2.24, 2.45) is 5.92 Å². The Hall–Kier alpha value is -2.59. The Kier molecular flexibility index (Phi) is 5.65. The van der Waals surface area contributed by atoms with Crippen molar-refractivity contribution < 1.29 is 29.2 Å². The number of hydrogen-bond acceptors (Lipinski definition) is 8. The van der Waals surface area contributed by atoms with Gasteiger partial charge in [-0.2, -0.15) is 0 Å². The number of aliphatic hydroxyl groups is 1. The first-order valence-electron chi connectivity index (χ1n) is 7.66. The van der Waals surface area contributed by atoms with Crippen LogP contribution in [0.3, 0.4) is 0 Å². The molecule has 0 unspecified atom stereocenters. The largest absolute Gasteiger partial charge is 0.464 e. The van der Waals surface area contributed by atoms with E-state index in [0.29, 0.717) is 0 Å². The predicted molar refractivity (Wildman–Crippen MR) is 83.3 cm³/mol. The highest BCUT2D eigenvalue weighted by Crippen LogP contribution is 2.42. The number of rotatable bonds is 5. The Morgan fingerprint density at radius 1 is 1.32 bits per heavy atom. The van der Waals surface area contributed by atoms with E-state index in [1.54, 1.807) is 0 Å². The van der Waals surface area contributed by atoms with Crippen molar-refractivity contribution in [2.45, 2.75) is 38.2 Å². The molecule has 136 valence electrons. The standard InChI is InChI=1S/C15H18N2O8/c1-3-24-15(19)13-12(17(22)23)11(8(2)14(18)25-13)9-6-4-5-7-10(9)16(20)21/h4-8,11-14,18H,3H2,1-2H3/t8-,11+,12+,13-,14-/m1/s1. The van der Waals surface area contributed by atoms with Crippen LogP contribution in [0.25, 0.3) is 0 Å². The number of para-hydroxylation sites is 1. The third-order valence-electron chi connectivity index (χ3n) is 4.24. The summed E-state index contributed by atoms with van der Waals surface area (Å²) < 4.78 is 9.90. The maximum absolute atomic E-state index is 12.1. The predicted octanol–water partition coefficient (Wildman–Crippen LogP) is 1.24. The average molecular weight is 354 g/mol. The molecule has 1 N–H and O–H groups in total. The number of esters is 1. The topological polar surface area (TPSA) is 142 Å². The van der Waals surface area contributed by atoms with Gasteiger partial charge in [-0.3, -0.25) is 20.2 Å². The molecule has 1 saturated heterocycles. The number of aliphatic hydroxyl groups excluding tert-OH is 1. The molecule has 0 bridgehead atoms. The van der Waals surface area contributed by atoms with E-state index in [2.05, 4.69) is 0 Å². The Bertz CT molecular complexity index is 679. The van der Waals surface area contributed by atoms with Crippen molar-refractivity contribution in [2.75, 3.05) is 6.61 Å². The van der Waals surface area contributed by atoms with Gasteiger partial charge in [0.15, 0.2) is 6.29 Å². The number of benzene rings is 1. The quantitative estimate of drug-likeness (QED) is 0.473. The van der Waals surface area contributed by atoms with Crippen molar-refractivity contribution in [3.05, 3.63) is 50.1 Å². The van der Waals surface area contributed by atoms with Gasteiger partial charge in [0.05, 0.1) is 17.4 Å². The van der Waals surface area contributed by atoms with Crippen LogP contribution in [0.15, 0.2) is 24.3 Å². The Labute approximate surface area is 142 Å². The molecule has 0 aliphatic carbocycles. The Morgan fingerprint density at radius 3 is 2.52 bits per heavy atom. The van der Waals surface area contributed by atoms with Crippen LogP contribution >= 0.6 is 0 Å². The van der Waals surface area contributed by atoms with Gasteiger partial charge in [-0.25, -0.2) is 4.79 Å². The summed E-state index contributed by atoms with van der Waals surface area (Å²) >= 11 is 0. The molecular formula is C15H18N2O8. The van der Waals surface area contributed by atoms with Gasteiger partial charge in [0.1, 0.15) is 0 Å². The zero-order chi connectivity index (χ0) is 18.7. The maximum atomic E-state index is 12.1. The third-order valence-corrected chi connectivity index (χ3v) is 4.24. The first-order valence-corrected chi connectivity index (χ1v) is 7.66. The summed E-state index contributed by atoms with van der Waals surface area (Å²) in [7, 11) is 0. The summed E-state index contributed by atoms with van der Waals surface area (Å²) in [6, 6.07) is 3.92. The summed E-state index contributed by atoms with van der Waals surface area (Å²) in [5.41, 5.74) is -0.249. The summed E-state index contributed by atoms with van der Waals surface area (Å²) in [6.07, 6.45) is -3.17. The normalized spacial score (nSPS) is 29.0. The van der Waals surface area contributed by atoms with Crippen LogP contribution in [-0.2, 0) is 14.3 Å². The van der Waals surface area contributed by atoms with Gasteiger partial charge in [0.25, 0.3) is 11.7 Å². The van der Waals surface area contributed by atoms with Crippen LogP contribution in [0.5, 0.6) is 0 Å². The van der Waals surface area contributed by atoms with Crippen molar-refractivity contribution in [3.63, 3.8) is 0 Å². The first kappa shape index (κ1) is 18.7. The van der Waals surface area contributed by atoms with Crippen molar-refractivity contribution in [1.29, 1.82) is 0 Å². The van der Waals surface area contributed by atoms with E-state index in [-0.39, 0.29) is 17.9 Å². The van der Waals surface area contributed by atoms with Crippen LogP contribution in [0.1, 0.15) is 25.3 Å². The van der Waals surface area contributed by atoms with E-state index in [9.17, 15) is 30.1 Å². The lowest BCUT2D eigenvalue weighted by Gasteiger charge is -2.38. The molecule has 1 fully saturated rings. The lowest BCUT2D eigenvalue weighted by atomic mass is 9.76. The van der Waals surface area contributed by atoms with Crippen LogP contribution in [0.2, 0.25) is 0 Å². The lowest BCUT2D eigenvalue weighted by Crippen LogP contribution is -2.55. The fourth-order valence-corrected chi connectivity index (χ4v) is 3.10. The average Bonchev–Trinajstić information content (AvgIpc) is 2.56. The molecule has 1 aromatic rings. The van der Waals surface area contributed by atoms with Crippen LogP contribution < -0.4 is 0 Å². The molecule has 1 heterocycles. The first-order chi connectivity index (χ1) is 11.8. The van der Waals surface area contributed by atoms with Gasteiger partial charge < -0.3 is 14.6 Å². The summed E-state index contributed by atoms with van der Waals surface area (Å²) in [4.78, 5) is 33.6. The van der Waals surface area contributed by atoms with Gasteiger partial charge in [-0.1, -0.05) is 25.1 Å². The summed E-state index contributed by atoms with van der Waals surface area (Å²) in [5.74, 6) is -2.93. The molecule has 1 aliphatic heterocycles. The smallest absolute Gasteiger partial charge is 0.342 e. The molecule has 1 aliphatic rings. The molecule has 0 amide bonds. The molecule has 0 saturated carbocycles. The third kappa shape index (κ3) is 3.59. The minimum Gasteiger partial charge on any atom is -0.464 e. The van der Waals surface area contributed by atoms with E-state index in [4.69, 9.17) is 9.47 Å². The van der Waals surface area contributed by atoms with E-state index < -0.39 is 46.1 Å². The zero-order valence-corrected chi connectivity index (χ0v) is 13.6. The van der Waals surface area contributed by atoms with Gasteiger partial charge in [-0.05, 0) is 6.92 Å². The fourth-order valence-electron chi connectivity index (χ4n) is 3.10. The molecule has 25 heavy (non-hydrogen) atoms. The molecule has 5 atom stereocenters. The van der Waals surface area contributed by atoms with Gasteiger partial charge in [0, 0.05) is 22.5 Å². The van der Waals surface area contributed by atoms with E-state index in [1.807, 2.05) is 0 Å². The number of nitro benzene ring substituents is 1. The number of nitrogens with zero attached hydrogens (tertiary/aromatic N) is 2. The molecule has 0 radical (unpaired) electrons. The van der Waals surface area contributed by atoms with Crippen molar-refractivity contribution >= 4 is 11.7 Å². The van der Waals surface area contributed by atoms with Gasteiger partial charge in [-0.15, -0.1) is 0 Å². The highest BCUT2D eigenvalue weighted by Gasteiger charge is 2.55. The van der Waals surface area contributed by atoms with Crippen LogP contribution in [0, 0.1) is 26.1 Å². The molecule has 2 rings (SSSR count). The van der Waals surface area contributed by atoms with Crippen molar-refractivity contribution in [1.82, 2.24) is 0 Å². The number of carbonyl (C=O) groups excluding carboxylic acids is 1. The molecule has 10 nitrogen and oxygen atoms in total. The molecule has 0 spiro atoms. The maximum Gasteiger partial charge on any atom is 0.342 e. The fraction of sp³-hybridized carbons (Fsp3) is 0.533. The second-order valence-corrected chi connectivity index (χ2v) is 5.68. The lowest BCUT2D eigenvalue weighted by molar-refractivity contribution is -0.549. The van der Waals surface area contributed by atoms with Gasteiger partial charge >= 0.3 is 5.97 Å². The second-order valence-electron chi connectivity index (χ2n) is 5.68. The van der Waals surface area contributed by atoms with Gasteiger partial charge in [0.2, 0.25) is 6.10 Å². The monoisotopic (exact) mass is 354 g/mol. The minimum absolute atomic E-state index is 0.0229. The van der Waals surface area contributed by atoms with E-state index >= 15 is 0 Å². The molecule has 0 aromatic heterocycles. The van der Waals surface area contributed by atoms with Crippen molar-refractivity contribution in [3.8, 4) is 0 Å². The van der Waals surface area contributed by atoms with Crippen LogP contribution in [-0.4, -0.2) is 46.0 Å². The number of ether oxygens (including phenoxy) is 2. The second kappa shape index (κ2) is 7.53. The number of hydrogen-bond donors (Lipinski definition) is 1. The minimum atomic E-state index is -1.66. The zero-order valence-electron chi connectivity index (χ0n) is 13.6. The molecule has 10 heteroatoms. The molecular weight excluding hydrogens is 336 g/mol. The van der Waals surface area contributed by atoms with Crippen LogP contribution in [0.4, 0.5) is 5.69 Å². The SMILES string of the molecule is CCOC(=O)[C@@H]1O[C@@H](O)[C@H](C)[C@@H](c2ccccc2[N+](=O)[O-])[C@@H]1[N+](=O)[O-]. The summed E-state index contributed by atoms with van der Waals surface area (Å²) in [5, 5.41) is 33.1. The summed E-state index contributed by atoms with van der Waals surface area (Å²) in [6.45, 7) is 2.98. The molecule has 1 aromatic carbocycles. The number of carbonyl (C=O) groups is 1.